The van der Waals surface area contributed by atoms with Gasteiger partial charge in [0.1, 0.15) is 5.60 Å². The second-order valence-corrected chi connectivity index (χ2v) is 5.94. The Morgan fingerprint density at radius 1 is 1.37 bits per heavy atom. The fraction of sp³-hybridized carbons (Fsp3) is 0.846. The number of hydrogen-bond acceptors (Lipinski definition) is 5. The van der Waals surface area contributed by atoms with Crippen LogP contribution in [0.25, 0.3) is 0 Å². The second-order valence-electron chi connectivity index (χ2n) is 5.94. The number of carbonyl (C=O) groups is 2. The number of rotatable bonds is 4. The minimum atomic E-state index is -0.478. The summed E-state index contributed by atoms with van der Waals surface area (Å²) >= 11 is 0. The lowest BCUT2D eigenvalue weighted by Crippen LogP contribution is -2.52. The third-order valence-electron chi connectivity index (χ3n) is 3.05. The lowest BCUT2D eigenvalue weighted by molar-refractivity contribution is -0.146. The molecule has 0 saturated carbocycles. The van der Waals surface area contributed by atoms with E-state index in [4.69, 9.17) is 10.5 Å². The van der Waals surface area contributed by atoms with Crippen LogP contribution in [-0.4, -0.2) is 49.3 Å². The van der Waals surface area contributed by atoms with Crippen LogP contribution in [0, 0.1) is 11.8 Å². The van der Waals surface area contributed by atoms with Gasteiger partial charge in [0.2, 0.25) is 0 Å². The summed E-state index contributed by atoms with van der Waals surface area (Å²) in [6.45, 7) is 7.01. The van der Waals surface area contributed by atoms with E-state index in [0.29, 0.717) is 25.4 Å². The first kappa shape index (κ1) is 15.8. The van der Waals surface area contributed by atoms with Crippen molar-refractivity contribution in [1.82, 2.24) is 4.90 Å². The first-order valence-corrected chi connectivity index (χ1v) is 6.52. The molecule has 1 aliphatic heterocycles. The molecule has 2 N–H and O–H groups in total. The minimum Gasteiger partial charge on any atom is -0.469 e. The Kier molecular flexibility index (Phi) is 5.17. The van der Waals surface area contributed by atoms with Gasteiger partial charge in [-0.25, -0.2) is 4.79 Å². The molecule has 1 rings (SSSR count). The van der Waals surface area contributed by atoms with Crippen LogP contribution in [-0.2, 0) is 14.3 Å². The molecule has 0 spiro atoms. The highest BCUT2D eigenvalue weighted by Gasteiger charge is 2.36. The molecule has 1 saturated heterocycles. The number of ether oxygens (including phenoxy) is 2. The van der Waals surface area contributed by atoms with Crippen molar-refractivity contribution in [2.24, 2.45) is 17.6 Å². The fourth-order valence-corrected chi connectivity index (χ4v) is 2.05. The van der Waals surface area contributed by atoms with Crippen LogP contribution in [0.5, 0.6) is 0 Å². The first-order valence-electron chi connectivity index (χ1n) is 6.52. The SMILES string of the molecule is COC(=O)C(CN)CC1CN(C(=O)OC(C)(C)C)C1. The highest BCUT2D eigenvalue weighted by molar-refractivity contribution is 5.72. The van der Waals surface area contributed by atoms with E-state index in [-0.39, 0.29) is 24.5 Å². The van der Waals surface area contributed by atoms with Crippen molar-refractivity contribution in [3.8, 4) is 0 Å². The van der Waals surface area contributed by atoms with Gasteiger partial charge in [-0.15, -0.1) is 0 Å². The van der Waals surface area contributed by atoms with E-state index in [0.717, 1.165) is 0 Å². The topological polar surface area (TPSA) is 81.9 Å². The number of methoxy groups -OCH3 is 1. The quantitative estimate of drug-likeness (QED) is 0.772. The lowest BCUT2D eigenvalue weighted by Gasteiger charge is -2.40. The molecule has 1 heterocycles. The smallest absolute Gasteiger partial charge is 0.410 e. The molecule has 1 fully saturated rings. The van der Waals surface area contributed by atoms with Gasteiger partial charge in [0.15, 0.2) is 0 Å². The summed E-state index contributed by atoms with van der Waals surface area (Å²) in [6.07, 6.45) is 0.355. The van der Waals surface area contributed by atoms with Crippen molar-refractivity contribution in [3.63, 3.8) is 0 Å². The van der Waals surface area contributed by atoms with Gasteiger partial charge >= 0.3 is 12.1 Å². The van der Waals surface area contributed by atoms with Crippen LogP contribution < -0.4 is 5.73 Å². The molecule has 0 aliphatic carbocycles. The Labute approximate surface area is 114 Å². The molecule has 1 atom stereocenters. The molecule has 6 nitrogen and oxygen atoms in total. The highest BCUT2D eigenvalue weighted by Crippen LogP contribution is 2.25. The maximum absolute atomic E-state index is 11.7. The summed E-state index contributed by atoms with van der Waals surface area (Å²) < 4.78 is 9.95. The van der Waals surface area contributed by atoms with Gasteiger partial charge in [0.25, 0.3) is 0 Å². The van der Waals surface area contributed by atoms with Gasteiger partial charge in [-0.3, -0.25) is 4.79 Å². The Bertz CT molecular complexity index is 332. The van der Waals surface area contributed by atoms with E-state index in [1.165, 1.54) is 7.11 Å². The molecule has 6 heteroatoms. The number of likely N-dealkylation sites (tertiary alicyclic amines) is 1. The molecule has 0 radical (unpaired) electrons. The Morgan fingerprint density at radius 2 is 1.95 bits per heavy atom. The normalized spacial score (nSPS) is 17.6. The summed E-state index contributed by atoms with van der Waals surface area (Å²) in [4.78, 5) is 24.8. The van der Waals surface area contributed by atoms with Crippen molar-refractivity contribution >= 4 is 12.1 Å². The molecule has 0 aromatic carbocycles. The van der Waals surface area contributed by atoms with E-state index in [1.807, 2.05) is 20.8 Å². The predicted molar refractivity (Wildman–Crippen MR) is 70.5 cm³/mol. The van der Waals surface area contributed by atoms with E-state index in [9.17, 15) is 9.59 Å². The third kappa shape index (κ3) is 4.70. The standard InChI is InChI=1S/C13H24N2O4/c1-13(2,3)19-12(17)15-7-9(8-15)5-10(6-14)11(16)18-4/h9-10H,5-8,14H2,1-4H3. The van der Waals surface area contributed by atoms with E-state index in [2.05, 4.69) is 4.74 Å². The Morgan fingerprint density at radius 3 is 2.37 bits per heavy atom. The van der Waals surface area contributed by atoms with Crippen LogP contribution in [0.4, 0.5) is 4.79 Å². The number of amides is 1. The summed E-state index contributed by atoms with van der Waals surface area (Å²) in [5, 5.41) is 0. The summed E-state index contributed by atoms with van der Waals surface area (Å²) in [7, 11) is 1.36. The zero-order valence-electron chi connectivity index (χ0n) is 12.1. The van der Waals surface area contributed by atoms with Gasteiger partial charge in [-0.2, -0.15) is 0 Å². The largest absolute Gasteiger partial charge is 0.469 e. The summed E-state index contributed by atoms with van der Waals surface area (Å²) in [5.41, 5.74) is 5.07. The van der Waals surface area contributed by atoms with E-state index < -0.39 is 5.60 Å². The Hall–Kier alpha value is -1.30. The monoisotopic (exact) mass is 272 g/mol. The number of nitrogens with two attached hydrogens (primary N) is 1. The van der Waals surface area contributed by atoms with Gasteiger partial charge in [-0.1, -0.05) is 0 Å². The maximum atomic E-state index is 11.7. The molecule has 110 valence electrons. The number of nitrogens with zero attached hydrogens (tertiary/aromatic N) is 1. The summed E-state index contributed by atoms with van der Waals surface area (Å²) in [5.74, 6) is -0.269. The van der Waals surface area contributed by atoms with Gasteiger partial charge in [-0.05, 0) is 33.1 Å². The molecule has 19 heavy (non-hydrogen) atoms. The van der Waals surface area contributed by atoms with Crippen LogP contribution in [0.15, 0.2) is 0 Å². The zero-order valence-corrected chi connectivity index (χ0v) is 12.1. The molecule has 0 aromatic heterocycles. The van der Waals surface area contributed by atoms with Gasteiger partial charge in [0.05, 0.1) is 13.0 Å². The zero-order chi connectivity index (χ0) is 14.6. The first-order chi connectivity index (χ1) is 8.76. The molecular weight excluding hydrogens is 248 g/mol. The number of carbonyl (C=O) groups excluding carboxylic acids is 2. The van der Waals surface area contributed by atoms with E-state index >= 15 is 0 Å². The minimum absolute atomic E-state index is 0.273. The van der Waals surface area contributed by atoms with Crippen molar-refractivity contribution in [1.29, 1.82) is 0 Å². The predicted octanol–water partition coefficient (Wildman–Crippen LogP) is 0.991. The maximum Gasteiger partial charge on any atom is 0.410 e. The number of esters is 1. The highest BCUT2D eigenvalue weighted by atomic mass is 16.6. The molecular formula is C13H24N2O4. The second kappa shape index (κ2) is 6.23. The van der Waals surface area contributed by atoms with Crippen molar-refractivity contribution in [2.75, 3.05) is 26.7 Å². The van der Waals surface area contributed by atoms with Crippen molar-refractivity contribution < 1.29 is 19.1 Å². The van der Waals surface area contributed by atoms with Crippen LogP contribution >= 0.6 is 0 Å². The average molecular weight is 272 g/mol. The van der Waals surface area contributed by atoms with Crippen LogP contribution in [0.3, 0.4) is 0 Å². The van der Waals surface area contributed by atoms with Crippen molar-refractivity contribution in [3.05, 3.63) is 0 Å². The fourth-order valence-electron chi connectivity index (χ4n) is 2.05. The third-order valence-corrected chi connectivity index (χ3v) is 3.05. The van der Waals surface area contributed by atoms with E-state index in [1.54, 1.807) is 4.90 Å². The van der Waals surface area contributed by atoms with Crippen LogP contribution in [0.1, 0.15) is 27.2 Å². The molecule has 0 aromatic rings. The van der Waals surface area contributed by atoms with Gasteiger partial charge in [0, 0.05) is 19.6 Å². The summed E-state index contributed by atoms with van der Waals surface area (Å²) in [6, 6.07) is 0. The molecule has 1 amide bonds. The van der Waals surface area contributed by atoms with Crippen molar-refractivity contribution in [2.45, 2.75) is 32.8 Å². The van der Waals surface area contributed by atoms with Crippen LogP contribution in [0.2, 0.25) is 0 Å². The number of hydrogen-bond donors (Lipinski definition) is 1. The van der Waals surface area contributed by atoms with Gasteiger partial charge < -0.3 is 20.1 Å². The molecule has 1 unspecified atom stereocenters. The molecule has 1 aliphatic rings. The molecule has 0 bridgehead atoms. The lowest BCUT2D eigenvalue weighted by atomic mass is 9.89. The average Bonchev–Trinajstić information content (AvgIpc) is 2.24. The Balaban J connectivity index is 2.33.